The van der Waals surface area contributed by atoms with Gasteiger partial charge in [0.15, 0.2) is 11.5 Å². The van der Waals surface area contributed by atoms with Crippen molar-refractivity contribution in [1.82, 2.24) is 0 Å². The topological polar surface area (TPSA) is 124 Å². The standard InChI is InChI=1S/C54H70O10/c1-3-51(55)61-39-13-7-5-11-37-59-47-31-27-45(28-32-47)43-23-17-41(18-24-43)21-35-53(57)63-49-15-9-10-16-50(49)64-54(58)36-22-42-19-25-44(26-20-42)46-29-33-48(34-30-46)60-38-12-6-8-14-40-62-52(56)4-2/h3-4,9-10,15-16,27-34,41-44H,1-2,5-8,11-14,17-26,35-40H2. The van der Waals surface area contributed by atoms with Crippen molar-refractivity contribution >= 4 is 23.9 Å². The van der Waals surface area contributed by atoms with E-state index in [2.05, 4.69) is 61.7 Å². The monoisotopic (exact) mass is 878 g/mol. The van der Waals surface area contributed by atoms with Gasteiger partial charge in [0.1, 0.15) is 11.5 Å². The van der Waals surface area contributed by atoms with Gasteiger partial charge in [-0.15, -0.1) is 0 Å². The lowest BCUT2D eigenvalue weighted by molar-refractivity contribution is -0.138. The summed E-state index contributed by atoms with van der Waals surface area (Å²) >= 11 is 0. The Balaban J connectivity index is 0.907. The van der Waals surface area contributed by atoms with Gasteiger partial charge in [-0.3, -0.25) is 9.59 Å². The van der Waals surface area contributed by atoms with Gasteiger partial charge in [0, 0.05) is 25.0 Å². The van der Waals surface area contributed by atoms with Crippen molar-refractivity contribution in [3.05, 3.63) is 109 Å². The molecule has 5 rings (SSSR count). The minimum absolute atomic E-state index is 0.290. The first-order chi connectivity index (χ1) is 31.3. The van der Waals surface area contributed by atoms with Gasteiger partial charge in [-0.1, -0.05) is 49.6 Å². The molecule has 0 heterocycles. The molecule has 2 aliphatic carbocycles. The summed E-state index contributed by atoms with van der Waals surface area (Å²) in [6.45, 7) is 8.99. The molecule has 10 nitrogen and oxygen atoms in total. The molecule has 0 aliphatic heterocycles. The molecule has 10 heteroatoms. The van der Waals surface area contributed by atoms with E-state index in [9.17, 15) is 19.2 Å². The summed E-state index contributed by atoms with van der Waals surface area (Å²) in [6.07, 6.45) is 20.9. The zero-order chi connectivity index (χ0) is 45.2. The second-order valence-corrected chi connectivity index (χ2v) is 17.3. The fourth-order valence-corrected chi connectivity index (χ4v) is 8.81. The average Bonchev–Trinajstić information content (AvgIpc) is 3.33. The van der Waals surface area contributed by atoms with Gasteiger partial charge in [0.25, 0.3) is 0 Å². The first kappa shape index (κ1) is 49.6. The smallest absolute Gasteiger partial charge is 0.330 e. The number of para-hydroxylation sites is 2. The summed E-state index contributed by atoms with van der Waals surface area (Å²) in [7, 11) is 0. The molecule has 2 aliphatic rings. The molecule has 0 atom stereocenters. The number of carbonyl (C=O) groups excluding carboxylic acids is 4. The van der Waals surface area contributed by atoms with E-state index in [0.29, 0.717) is 74.4 Å². The fraction of sp³-hybridized carbons (Fsp3) is 0.519. The molecular weight excluding hydrogens is 809 g/mol. The quantitative estimate of drug-likeness (QED) is 0.0301. The van der Waals surface area contributed by atoms with Crippen LogP contribution in [-0.2, 0) is 28.7 Å². The highest BCUT2D eigenvalue weighted by molar-refractivity contribution is 5.81. The van der Waals surface area contributed by atoms with Crippen molar-refractivity contribution in [2.24, 2.45) is 11.8 Å². The summed E-state index contributed by atoms with van der Waals surface area (Å²) in [4.78, 5) is 48.1. The van der Waals surface area contributed by atoms with Gasteiger partial charge < -0.3 is 28.4 Å². The van der Waals surface area contributed by atoms with Crippen LogP contribution < -0.4 is 18.9 Å². The molecular formula is C54H70O10. The van der Waals surface area contributed by atoms with Crippen LogP contribution in [0.2, 0.25) is 0 Å². The van der Waals surface area contributed by atoms with Gasteiger partial charge in [-0.25, -0.2) is 9.59 Å². The van der Waals surface area contributed by atoms with Crippen molar-refractivity contribution in [2.45, 2.75) is 140 Å². The number of carbonyl (C=O) groups is 4. The van der Waals surface area contributed by atoms with Gasteiger partial charge in [0.2, 0.25) is 0 Å². The van der Waals surface area contributed by atoms with Crippen LogP contribution in [0.1, 0.15) is 151 Å². The Morgan fingerprint density at radius 2 is 0.828 bits per heavy atom. The molecule has 0 spiro atoms. The SMILES string of the molecule is C=CC(=O)OCCCCCCOc1ccc(C2CCC(CCC(=O)Oc3ccccc3OC(=O)CCC3CCC(c4ccc(OCCCCCCOC(=O)C=C)cc4)CC3)CC2)cc1. The summed E-state index contributed by atoms with van der Waals surface area (Å²) < 4.78 is 33.4. The first-order valence-electron chi connectivity index (χ1n) is 23.8. The highest BCUT2D eigenvalue weighted by Gasteiger charge is 2.25. The van der Waals surface area contributed by atoms with Gasteiger partial charge in [0.05, 0.1) is 26.4 Å². The summed E-state index contributed by atoms with van der Waals surface area (Å²) in [5.74, 6) is 2.98. The maximum Gasteiger partial charge on any atom is 0.330 e. The maximum atomic E-state index is 13.0. The molecule has 64 heavy (non-hydrogen) atoms. The summed E-state index contributed by atoms with van der Waals surface area (Å²) in [5.41, 5.74) is 2.68. The Morgan fingerprint density at radius 3 is 1.19 bits per heavy atom. The average molecular weight is 879 g/mol. The molecule has 0 aromatic heterocycles. The van der Waals surface area contributed by atoms with Crippen molar-refractivity contribution < 1.29 is 47.6 Å². The van der Waals surface area contributed by atoms with Crippen LogP contribution in [0.5, 0.6) is 23.0 Å². The second kappa shape index (κ2) is 28.4. The van der Waals surface area contributed by atoms with E-state index in [1.54, 1.807) is 24.3 Å². The first-order valence-corrected chi connectivity index (χ1v) is 23.8. The Labute approximate surface area is 381 Å². The largest absolute Gasteiger partial charge is 0.494 e. The van der Waals surface area contributed by atoms with Crippen LogP contribution in [0.3, 0.4) is 0 Å². The lowest BCUT2D eigenvalue weighted by Crippen LogP contribution is -2.17. The summed E-state index contributed by atoms with van der Waals surface area (Å²) in [5, 5.41) is 0. The number of benzene rings is 3. The molecule has 0 unspecified atom stereocenters. The number of hydrogen-bond donors (Lipinski definition) is 0. The number of esters is 4. The Morgan fingerprint density at radius 1 is 0.469 bits per heavy atom. The highest BCUT2D eigenvalue weighted by atomic mass is 16.6. The van der Waals surface area contributed by atoms with E-state index in [-0.39, 0.29) is 23.9 Å². The normalized spacial score (nSPS) is 18.2. The molecule has 0 radical (unpaired) electrons. The van der Waals surface area contributed by atoms with Crippen LogP contribution in [0.25, 0.3) is 0 Å². The van der Waals surface area contributed by atoms with Gasteiger partial charge in [-0.2, -0.15) is 0 Å². The second-order valence-electron chi connectivity index (χ2n) is 17.3. The maximum absolute atomic E-state index is 13.0. The predicted octanol–water partition coefficient (Wildman–Crippen LogP) is 12.3. The molecule has 2 fully saturated rings. The highest BCUT2D eigenvalue weighted by Crippen LogP contribution is 2.40. The molecule has 346 valence electrons. The Hall–Kier alpha value is -5.38. The molecule has 3 aromatic carbocycles. The number of ether oxygens (including phenoxy) is 6. The minimum Gasteiger partial charge on any atom is -0.494 e. The molecule has 0 saturated heterocycles. The van der Waals surface area contributed by atoms with E-state index >= 15 is 0 Å². The molecule has 0 N–H and O–H groups in total. The molecule has 0 amide bonds. The number of rotatable bonds is 28. The fourth-order valence-electron chi connectivity index (χ4n) is 8.81. The third-order valence-corrected chi connectivity index (χ3v) is 12.6. The zero-order valence-electron chi connectivity index (χ0n) is 37.9. The van der Waals surface area contributed by atoms with Crippen LogP contribution in [0.15, 0.2) is 98.1 Å². The minimum atomic E-state index is -0.370. The van der Waals surface area contributed by atoms with E-state index < -0.39 is 0 Å². The van der Waals surface area contributed by atoms with Crippen LogP contribution >= 0.6 is 0 Å². The van der Waals surface area contributed by atoms with E-state index in [1.807, 2.05) is 0 Å². The van der Waals surface area contributed by atoms with E-state index in [0.717, 1.165) is 127 Å². The Bertz CT molecular complexity index is 1730. The molecule has 0 bridgehead atoms. The number of hydrogen-bond acceptors (Lipinski definition) is 10. The zero-order valence-corrected chi connectivity index (χ0v) is 37.9. The van der Waals surface area contributed by atoms with Crippen molar-refractivity contribution in [1.29, 1.82) is 0 Å². The van der Waals surface area contributed by atoms with Crippen LogP contribution in [0.4, 0.5) is 0 Å². The van der Waals surface area contributed by atoms with Crippen molar-refractivity contribution in [3.63, 3.8) is 0 Å². The summed E-state index contributed by atoms with van der Waals surface area (Å²) in [6, 6.07) is 23.9. The number of unbranched alkanes of at least 4 members (excludes halogenated alkanes) is 6. The molecule has 3 aromatic rings. The lowest BCUT2D eigenvalue weighted by atomic mass is 9.77. The lowest BCUT2D eigenvalue weighted by Gasteiger charge is -2.29. The van der Waals surface area contributed by atoms with E-state index in [4.69, 9.17) is 28.4 Å². The molecule has 2 saturated carbocycles. The van der Waals surface area contributed by atoms with Gasteiger partial charge >= 0.3 is 23.9 Å². The van der Waals surface area contributed by atoms with E-state index in [1.165, 1.54) is 23.3 Å². The predicted molar refractivity (Wildman–Crippen MR) is 249 cm³/mol. The van der Waals surface area contributed by atoms with Crippen LogP contribution in [-0.4, -0.2) is 50.3 Å². The Kier molecular flexibility index (Phi) is 22.0. The third kappa shape index (κ3) is 18.4. The third-order valence-electron chi connectivity index (χ3n) is 12.6. The van der Waals surface area contributed by atoms with Gasteiger partial charge in [-0.05, 0) is 187 Å². The van der Waals surface area contributed by atoms with Crippen molar-refractivity contribution in [2.75, 3.05) is 26.4 Å². The van der Waals surface area contributed by atoms with Crippen LogP contribution in [0, 0.1) is 11.8 Å². The van der Waals surface area contributed by atoms with Crippen molar-refractivity contribution in [3.8, 4) is 23.0 Å².